The van der Waals surface area contributed by atoms with E-state index in [9.17, 15) is 4.79 Å². The van der Waals surface area contributed by atoms with Crippen molar-refractivity contribution in [3.63, 3.8) is 0 Å². The molecule has 0 aliphatic rings. The molecule has 1 aromatic heterocycles. The molecule has 0 radical (unpaired) electrons. The molecular weight excluding hydrogens is 202 g/mol. The number of carbonyl (C=O) groups is 1. The van der Waals surface area contributed by atoms with Gasteiger partial charge in [-0.3, -0.25) is 4.79 Å². The summed E-state index contributed by atoms with van der Waals surface area (Å²) in [7, 11) is 0. The fraction of sp³-hybridized carbons (Fsp3) is 0.538. The highest BCUT2D eigenvalue weighted by atomic mass is 16.5. The highest BCUT2D eigenvalue weighted by molar-refractivity contribution is 5.93. The number of pyridine rings is 1. The quantitative estimate of drug-likeness (QED) is 0.733. The molecule has 0 saturated carbocycles. The fourth-order valence-electron chi connectivity index (χ4n) is 1.14. The molecule has 0 fully saturated rings. The lowest BCUT2D eigenvalue weighted by atomic mass is 9.93. The first kappa shape index (κ1) is 12.7. The van der Waals surface area contributed by atoms with Crippen LogP contribution in [0.5, 0.6) is 5.88 Å². The SMILES string of the molecule is CC(=O)c1ccc(OCCC(C)(C)C)nc1. The second kappa shape index (κ2) is 5.10. The van der Waals surface area contributed by atoms with Gasteiger partial charge in [-0.25, -0.2) is 4.98 Å². The average molecular weight is 221 g/mol. The van der Waals surface area contributed by atoms with Gasteiger partial charge in [-0.2, -0.15) is 0 Å². The lowest BCUT2D eigenvalue weighted by molar-refractivity contribution is 0.101. The maximum atomic E-state index is 11.0. The minimum Gasteiger partial charge on any atom is -0.478 e. The minimum atomic E-state index is 0.0220. The fourth-order valence-corrected chi connectivity index (χ4v) is 1.14. The van der Waals surface area contributed by atoms with Gasteiger partial charge >= 0.3 is 0 Å². The maximum Gasteiger partial charge on any atom is 0.213 e. The van der Waals surface area contributed by atoms with Crippen molar-refractivity contribution >= 4 is 5.78 Å². The van der Waals surface area contributed by atoms with Gasteiger partial charge in [0.25, 0.3) is 0 Å². The van der Waals surface area contributed by atoms with Gasteiger partial charge in [0, 0.05) is 17.8 Å². The molecule has 0 N–H and O–H groups in total. The van der Waals surface area contributed by atoms with Gasteiger partial charge in [0.1, 0.15) is 0 Å². The minimum absolute atomic E-state index is 0.0220. The summed E-state index contributed by atoms with van der Waals surface area (Å²) < 4.78 is 5.49. The zero-order chi connectivity index (χ0) is 12.2. The summed E-state index contributed by atoms with van der Waals surface area (Å²) in [5.41, 5.74) is 0.877. The molecule has 1 rings (SSSR count). The summed E-state index contributed by atoms with van der Waals surface area (Å²) in [6.45, 7) is 8.68. The number of nitrogens with zero attached hydrogens (tertiary/aromatic N) is 1. The molecule has 0 bridgehead atoms. The number of hydrogen-bond acceptors (Lipinski definition) is 3. The molecule has 1 heterocycles. The van der Waals surface area contributed by atoms with Gasteiger partial charge < -0.3 is 4.74 Å². The lowest BCUT2D eigenvalue weighted by Crippen LogP contribution is -2.11. The molecule has 0 atom stereocenters. The van der Waals surface area contributed by atoms with E-state index in [0.717, 1.165) is 6.42 Å². The smallest absolute Gasteiger partial charge is 0.213 e. The first-order chi connectivity index (χ1) is 7.38. The number of rotatable bonds is 4. The first-order valence-electron chi connectivity index (χ1n) is 5.48. The number of carbonyl (C=O) groups excluding carboxylic acids is 1. The molecule has 3 nitrogen and oxygen atoms in total. The Morgan fingerprint density at radius 3 is 2.50 bits per heavy atom. The van der Waals surface area contributed by atoms with Gasteiger partial charge in [-0.05, 0) is 24.8 Å². The van der Waals surface area contributed by atoms with Gasteiger partial charge in [0.15, 0.2) is 5.78 Å². The normalized spacial score (nSPS) is 11.2. The molecule has 0 aliphatic carbocycles. The molecule has 0 spiro atoms. The van der Waals surface area contributed by atoms with Crippen molar-refractivity contribution < 1.29 is 9.53 Å². The van der Waals surface area contributed by atoms with E-state index >= 15 is 0 Å². The van der Waals surface area contributed by atoms with E-state index in [1.54, 1.807) is 18.3 Å². The predicted molar refractivity (Wildman–Crippen MR) is 63.8 cm³/mol. The van der Waals surface area contributed by atoms with Crippen LogP contribution in [-0.2, 0) is 0 Å². The number of ether oxygens (including phenoxy) is 1. The topological polar surface area (TPSA) is 39.2 Å². The first-order valence-corrected chi connectivity index (χ1v) is 5.48. The van der Waals surface area contributed by atoms with Crippen LogP contribution in [-0.4, -0.2) is 17.4 Å². The third-order valence-electron chi connectivity index (χ3n) is 2.24. The Bertz CT molecular complexity index is 349. The van der Waals surface area contributed by atoms with Crippen LogP contribution in [0.1, 0.15) is 44.5 Å². The van der Waals surface area contributed by atoms with E-state index in [1.165, 1.54) is 6.92 Å². The average Bonchev–Trinajstić information content (AvgIpc) is 2.16. The van der Waals surface area contributed by atoms with Crippen LogP contribution < -0.4 is 4.74 Å². The largest absolute Gasteiger partial charge is 0.478 e. The Morgan fingerprint density at radius 2 is 2.06 bits per heavy atom. The van der Waals surface area contributed by atoms with Crippen LogP contribution in [0.15, 0.2) is 18.3 Å². The number of ketones is 1. The summed E-state index contributed by atoms with van der Waals surface area (Å²) in [4.78, 5) is 15.1. The Balaban J connectivity index is 2.47. The van der Waals surface area contributed by atoms with Gasteiger partial charge in [0.05, 0.1) is 6.61 Å². The van der Waals surface area contributed by atoms with E-state index in [0.29, 0.717) is 18.1 Å². The Hall–Kier alpha value is -1.38. The Morgan fingerprint density at radius 1 is 1.38 bits per heavy atom. The van der Waals surface area contributed by atoms with Crippen molar-refractivity contribution in [1.82, 2.24) is 4.98 Å². The second-order valence-corrected chi connectivity index (χ2v) is 5.10. The number of Topliss-reactive ketones (excluding diaryl/α,β-unsaturated/α-hetero) is 1. The van der Waals surface area contributed by atoms with Crippen molar-refractivity contribution in [2.45, 2.75) is 34.1 Å². The molecule has 16 heavy (non-hydrogen) atoms. The van der Waals surface area contributed by atoms with Crippen molar-refractivity contribution in [1.29, 1.82) is 0 Å². The number of hydrogen-bond donors (Lipinski definition) is 0. The van der Waals surface area contributed by atoms with Gasteiger partial charge in [0.2, 0.25) is 5.88 Å². The maximum absolute atomic E-state index is 11.0. The monoisotopic (exact) mass is 221 g/mol. The lowest BCUT2D eigenvalue weighted by Gasteiger charge is -2.17. The van der Waals surface area contributed by atoms with Gasteiger partial charge in [-0.1, -0.05) is 20.8 Å². The predicted octanol–water partition coefficient (Wildman–Crippen LogP) is 3.10. The van der Waals surface area contributed by atoms with E-state index in [1.807, 2.05) is 0 Å². The van der Waals surface area contributed by atoms with Crippen molar-refractivity contribution in [2.75, 3.05) is 6.61 Å². The molecule has 0 saturated heterocycles. The molecule has 1 aromatic rings. The number of aromatic nitrogens is 1. The standard InChI is InChI=1S/C13H19NO2/c1-10(15)11-5-6-12(14-9-11)16-8-7-13(2,3)4/h5-6,9H,7-8H2,1-4H3. The van der Waals surface area contributed by atoms with Gasteiger partial charge in [-0.15, -0.1) is 0 Å². The summed E-state index contributed by atoms with van der Waals surface area (Å²) >= 11 is 0. The van der Waals surface area contributed by atoms with E-state index in [2.05, 4.69) is 25.8 Å². The third-order valence-corrected chi connectivity index (χ3v) is 2.24. The second-order valence-electron chi connectivity index (χ2n) is 5.10. The van der Waals surface area contributed by atoms with Crippen molar-refractivity contribution in [2.24, 2.45) is 5.41 Å². The summed E-state index contributed by atoms with van der Waals surface area (Å²) in [6, 6.07) is 3.47. The van der Waals surface area contributed by atoms with Crippen molar-refractivity contribution in [3.05, 3.63) is 23.9 Å². The zero-order valence-electron chi connectivity index (χ0n) is 10.4. The van der Waals surface area contributed by atoms with E-state index in [-0.39, 0.29) is 11.2 Å². The van der Waals surface area contributed by atoms with Crippen LogP contribution in [0.25, 0.3) is 0 Å². The molecule has 0 unspecified atom stereocenters. The molecule has 88 valence electrons. The molecule has 0 amide bonds. The molecular formula is C13H19NO2. The highest BCUT2D eigenvalue weighted by Gasteiger charge is 2.10. The molecule has 0 aromatic carbocycles. The Labute approximate surface area is 96.8 Å². The van der Waals surface area contributed by atoms with Crippen LogP contribution in [0.2, 0.25) is 0 Å². The Kier molecular flexibility index (Phi) is 4.05. The third kappa shape index (κ3) is 4.43. The summed E-state index contributed by atoms with van der Waals surface area (Å²) in [5.74, 6) is 0.600. The van der Waals surface area contributed by atoms with E-state index < -0.39 is 0 Å². The van der Waals surface area contributed by atoms with Crippen LogP contribution in [0.4, 0.5) is 0 Å². The summed E-state index contributed by atoms with van der Waals surface area (Å²) in [6.07, 6.45) is 2.53. The zero-order valence-corrected chi connectivity index (χ0v) is 10.4. The van der Waals surface area contributed by atoms with Crippen molar-refractivity contribution in [3.8, 4) is 5.88 Å². The van der Waals surface area contributed by atoms with E-state index in [4.69, 9.17) is 4.74 Å². The van der Waals surface area contributed by atoms with Crippen LogP contribution in [0.3, 0.4) is 0 Å². The highest BCUT2D eigenvalue weighted by Crippen LogP contribution is 2.18. The molecule has 3 heteroatoms. The van der Waals surface area contributed by atoms with Crippen LogP contribution >= 0.6 is 0 Å². The molecule has 0 aliphatic heterocycles. The summed E-state index contributed by atoms with van der Waals surface area (Å²) in [5, 5.41) is 0. The van der Waals surface area contributed by atoms with Crippen LogP contribution in [0, 0.1) is 5.41 Å².